The molecule has 0 amide bonds. The fourth-order valence-electron chi connectivity index (χ4n) is 2.57. The number of aryl methyl sites for hydroxylation is 1. The van der Waals surface area contributed by atoms with Crippen LogP contribution in [0.25, 0.3) is 0 Å². The first-order chi connectivity index (χ1) is 8.90. The van der Waals surface area contributed by atoms with Crippen LogP contribution >= 0.6 is 0 Å². The van der Waals surface area contributed by atoms with Gasteiger partial charge in [-0.1, -0.05) is 6.92 Å². The Morgan fingerprint density at radius 3 is 2.89 bits per heavy atom. The Kier molecular flexibility index (Phi) is 5.68. The summed E-state index contributed by atoms with van der Waals surface area (Å²) in [6, 6.07) is 2.11. The molecule has 4 nitrogen and oxygen atoms in total. The minimum atomic E-state index is 0.944. The Morgan fingerprint density at radius 1 is 1.28 bits per heavy atom. The van der Waals surface area contributed by atoms with E-state index in [1.807, 2.05) is 6.20 Å². The van der Waals surface area contributed by atoms with E-state index in [0.29, 0.717) is 0 Å². The molecule has 1 aromatic rings. The van der Waals surface area contributed by atoms with Gasteiger partial charge in [0.1, 0.15) is 0 Å². The number of likely N-dealkylation sites (tertiary alicyclic amines) is 1. The summed E-state index contributed by atoms with van der Waals surface area (Å²) in [4.78, 5) is 2.57. The third-order valence-corrected chi connectivity index (χ3v) is 3.57. The van der Waals surface area contributed by atoms with Gasteiger partial charge in [-0.2, -0.15) is 5.10 Å². The lowest BCUT2D eigenvalue weighted by Crippen LogP contribution is -2.25. The van der Waals surface area contributed by atoms with E-state index in [0.717, 1.165) is 26.1 Å². The molecule has 0 unspecified atom stereocenters. The third-order valence-electron chi connectivity index (χ3n) is 3.57. The highest BCUT2D eigenvalue weighted by Crippen LogP contribution is 2.07. The Bertz CT molecular complexity index is 328. The van der Waals surface area contributed by atoms with Gasteiger partial charge in [-0.05, 0) is 57.9 Å². The second-order valence-electron chi connectivity index (χ2n) is 5.12. The van der Waals surface area contributed by atoms with Gasteiger partial charge in [0.25, 0.3) is 0 Å². The molecule has 1 fully saturated rings. The average molecular weight is 250 g/mol. The fourth-order valence-corrected chi connectivity index (χ4v) is 2.57. The number of aromatic nitrogens is 2. The van der Waals surface area contributed by atoms with E-state index in [2.05, 4.69) is 33.0 Å². The number of hydrogen-bond donors (Lipinski definition) is 1. The smallest absolute Gasteiger partial charge is 0.0522 e. The predicted octanol–water partition coefficient (Wildman–Crippen LogP) is 1.87. The van der Waals surface area contributed by atoms with E-state index in [9.17, 15) is 0 Å². The quantitative estimate of drug-likeness (QED) is 0.715. The molecule has 0 aromatic carbocycles. The zero-order valence-corrected chi connectivity index (χ0v) is 11.6. The Morgan fingerprint density at radius 2 is 2.11 bits per heavy atom. The van der Waals surface area contributed by atoms with Gasteiger partial charge in [-0.3, -0.25) is 4.68 Å². The standard InChI is InChI=1S/C14H26N4/c1-2-9-18-14(6-8-16-18)13-15-7-5-12-17-10-3-4-11-17/h6,8,15H,2-5,7,9-13H2,1H3. The minimum Gasteiger partial charge on any atom is -0.311 e. The van der Waals surface area contributed by atoms with Gasteiger partial charge in [0.05, 0.1) is 5.69 Å². The summed E-state index contributed by atoms with van der Waals surface area (Å²) in [7, 11) is 0. The maximum Gasteiger partial charge on any atom is 0.0522 e. The van der Waals surface area contributed by atoms with Crippen molar-refractivity contribution in [3.05, 3.63) is 18.0 Å². The van der Waals surface area contributed by atoms with Gasteiger partial charge >= 0.3 is 0 Å². The first kappa shape index (κ1) is 13.6. The lowest BCUT2D eigenvalue weighted by Gasteiger charge is -2.14. The molecule has 0 aliphatic carbocycles. The first-order valence-corrected chi connectivity index (χ1v) is 7.34. The van der Waals surface area contributed by atoms with Crippen molar-refractivity contribution in [2.45, 2.75) is 45.7 Å². The molecule has 4 heteroatoms. The highest BCUT2D eigenvalue weighted by molar-refractivity contribution is 4.99. The topological polar surface area (TPSA) is 33.1 Å². The molecule has 2 heterocycles. The van der Waals surface area contributed by atoms with E-state index < -0.39 is 0 Å². The second kappa shape index (κ2) is 7.54. The summed E-state index contributed by atoms with van der Waals surface area (Å²) >= 11 is 0. The van der Waals surface area contributed by atoms with Gasteiger partial charge in [0.15, 0.2) is 0 Å². The van der Waals surface area contributed by atoms with Crippen molar-refractivity contribution < 1.29 is 0 Å². The van der Waals surface area contributed by atoms with Crippen molar-refractivity contribution in [2.75, 3.05) is 26.2 Å². The lowest BCUT2D eigenvalue weighted by atomic mass is 10.3. The molecule has 0 saturated carbocycles. The highest BCUT2D eigenvalue weighted by atomic mass is 15.3. The average Bonchev–Trinajstić information content (AvgIpc) is 3.01. The van der Waals surface area contributed by atoms with E-state index >= 15 is 0 Å². The highest BCUT2D eigenvalue weighted by Gasteiger charge is 2.10. The van der Waals surface area contributed by atoms with Crippen LogP contribution < -0.4 is 5.32 Å². The summed E-state index contributed by atoms with van der Waals surface area (Å²) in [5, 5.41) is 7.86. The van der Waals surface area contributed by atoms with Crippen LogP contribution in [0.15, 0.2) is 12.3 Å². The molecular formula is C14H26N4. The molecular weight excluding hydrogens is 224 g/mol. The first-order valence-electron chi connectivity index (χ1n) is 7.34. The molecule has 1 aliphatic heterocycles. The van der Waals surface area contributed by atoms with Crippen molar-refractivity contribution in [2.24, 2.45) is 0 Å². The fraction of sp³-hybridized carbons (Fsp3) is 0.786. The molecule has 1 saturated heterocycles. The van der Waals surface area contributed by atoms with Gasteiger partial charge in [0.2, 0.25) is 0 Å². The molecule has 1 N–H and O–H groups in total. The second-order valence-corrected chi connectivity index (χ2v) is 5.12. The zero-order valence-electron chi connectivity index (χ0n) is 11.6. The van der Waals surface area contributed by atoms with Gasteiger partial charge < -0.3 is 10.2 Å². The maximum absolute atomic E-state index is 4.34. The summed E-state index contributed by atoms with van der Waals surface area (Å²) in [5.74, 6) is 0. The van der Waals surface area contributed by atoms with Crippen molar-refractivity contribution >= 4 is 0 Å². The molecule has 18 heavy (non-hydrogen) atoms. The largest absolute Gasteiger partial charge is 0.311 e. The molecule has 102 valence electrons. The van der Waals surface area contributed by atoms with Crippen molar-refractivity contribution in [3.63, 3.8) is 0 Å². The number of nitrogens with one attached hydrogen (secondary N) is 1. The summed E-state index contributed by atoms with van der Waals surface area (Å²) < 4.78 is 2.10. The van der Waals surface area contributed by atoms with Crippen molar-refractivity contribution in [1.29, 1.82) is 0 Å². The lowest BCUT2D eigenvalue weighted by molar-refractivity contribution is 0.330. The van der Waals surface area contributed by atoms with Crippen LogP contribution in [-0.4, -0.2) is 40.9 Å². The molecule has 0 bridgehead atoms. The Hall–Kier alpha value is -0.870. The van der Waals surface area contributed by atoms with Crippen LogP contribution in [0.2, 0.25) is 0 Å². The monoisotopic (exact) mass is 250 g/mol. The minimum absolute atomic E-state index is 0.944. The van der Waals surface area contributed by atoms with E-state index in [-0.39, 0.29) is 0 Å². The molecule has 0 spiro atoms. The molecule has 2 rings (SSSR count). The van der Waals surface area contributed by atoms with Crippen molar-refractivity contribution in [1.82, 2.24) is 20.0 Å². The maximum atomic E-state index is 4.34. The predicted molar refractivity (Wildman–Crippen MR) is 74.5 cm³/mol. The third kappa shape index (κ3) is 4.10. The van der Waals surface area contributed by atoms with E-state index in [4.69, 9.17) is 0 Å². The molecule has 0 atom stereocenters. The normalized spacial score (nSPS) is 16.5. The van der Waals surface area contributed by atoms with Crippen LogP contribution in [0.4, 0.5) is 0 Å². The SMILES string of the molecule is CCCn1nccc1CNCCCN1CCCC1. The van der Waals surface area contributed by atoms with Gasteiger partial charge in [-0.25, -0.2) is 0 Å². The van der Waals surface area contributed by atoms with Crippen molar-refractivity contribution in [3.8, 4) is 0 Å². The summed E-state index contributed by atoms with van der Waals surface area (Å²) in [5.41, 5.74) is 1.30. The van der Waals surface area contributed by atoms with Crippen LogP contribution in [0.5, 0.6) is 0 Å². The van der Waals surface area contributed by atoms with Crippen LogP contribution in [-0.2, 0) is 13.1 Å². The van der Waals surface area contributed by atoms with Crippen LogP contribution in [0.3, 0.4) is 0 Å². The molecule has 0 radical (unpaired) electrons. The molecule has 1 aromatic heterocycles. The zero-order chi connectivity index (χ0) is 12.6. The van der Waals surface area contributed by atoms with Crippen LogP contribution in [0.1, 0.15) is 38.3 Å². The Labute approximate surface area is 110 Å². The summed E-state index contributed by atoms with van der Waals surface area (Å²) in [6.45, 7) is 9.13. The number of nitrogens with zero attached hydrogens (tertiary/aromatic N) is 3. The van der Waals surface area contributed by atoms with Crippen LogP contribution in [0, 0.1) is 0 Å². The van der Waals surface area contributed by atoms with Gasteiger partial charge in [-0.15, -0.1) is 0 Å². The van der Waals surface area contributed by atoms with E-state index in [1.54, 1.807) is 0 Å². The Balaban J connectivity index is 1.58. The molecule has 1 aliphatic rings. The van der Waals surface area contributed by atoms with E-state index in [1.165, 1.54) is 44.6 Å². The number of hydrogen-bond acceptors (Lipinski definition) is 3. The van der Waals surface area contributed by atoms with Gasteiger partial charge in [0, 0.05) is 19.3 Å². The summed E-state index contributed by atoms with van der Waals surface area (Å²) in [6.07, 6.45) is 7.08. The number of rotatable bonds is 8.